The lowest BCUT2D eigenvalue weighted by Gasteiger charge is -2.16. The van der Waals surface area contributed by atoms with Crippen molar-refractivity contribution in [2.75, 3.05) is 7.05 Å². The molecule has 0 aromatic carbocycles. The third-order valence-electron chi connectivity index (χ3n) is 3.49. The van der Waals surface area contributed by atoms with Crippen LogP contribution in [-0.2, 0) is 26.6 Å². The Kier molecular flexibility index (Phi) is 5.00. The first-order chi connectivity index (χ1) is 10.4. The van der Waals surface area contributed by atoms with Gasteiger partial charge in [-0.25, -0.2) is 0 Å². The second kappa shape index (κ2) is 6.77. The van der Waals surface area contributed by atoms with E-state index >= 15 is 0 Å². The second-order valence-corrected chi connectivity index (χ2v) is 6.12. The van der Waals surface area contributed by atoms with Crippen molar-refractivity contribution >= 4 is 5.91 Å². The molecule has 0 atom stereocenters. The van der Waals surface area contributed by atoms with Crippen LogP contribution in [0.5, 0.6) is 0 Å². The lowest BCUT2D eigenvalue weighted by molar-refractivity contribution is 0.0772. The number of amides is 1. The smallest absolute Gasteiger partial charge is 0.272 e. The Morgan fingerprint density at radius 2 is 2.14 bits per heavy atom. The molecule has 6 nitrogen and oxygen atoms in total. The van der Waals surface area contributed by atoms with Gasteiger partial charge in [-0.15, -0.1) is 0 Å². The molecule has 2 rings (SSSR count). The summed E-state index contributed by atoms with van der Waals surface area (Å²) in [4.78, 5) is 14.4. The molecule has 0 fully saturated rings. The highest BCUT2D eigenvalue weighted by Crippen LogP contribution is 2.13. The summed E-state index contributed by atoms with van der Waals surface area (Å²) in [7, 11) is 3.68. The predicted octanol–water partition coefficient (Wildman–Crippen LogP) is 2.11. The van der Waals surface area contributed by atoms with Crippen LogP contribution in [0.15, 0.2) is 18.5 Å². The normalized spacial score (nSPS) is 11.2. The van der Waals surface area contributed by atoms with Gasteiger partial charge >= 0.3 is 0 Å². The molecule has 0 radical (unpaired) electrons. The summed E-state index contributed by atoms with van der Waals surface area (Å²) in [6.07, 6.45) is 4.59. The van der Waals surface area contributed by atoms with Crippen LogP contribution in [0.25, 0.3) is 0 Å². The number of aryl methyl sites for hydroxylation is 2. The van der Waals surface area contributed by atoms with Gasteiger partial charge in [-0.1, -0.05) is 13.8 Å². The summed E-state index contributed by atoms with van der Waals surface area (Å²) in [6, 6.07) is 1.92. The lowest BCUT2D eigenvalue weighted by Crippen LogP contribution is -2.28. The fraction of sp³-hybridized carbons (Fsp3) is 0.562. The van der Waals surface area contributed by atoms with Crippen LogP contribution in [0.2, 0.25) is 0 Å². The van der Waals surface area contributed by atoms with Crippen molar-refractivity contribution < 1.29 is 4.79 Å². The standard InChI is InChI=1S/C16H25N5O/c1-6-21-15(8-14(18-21)7-12(2)3)16(22)19(4)10-13-9-17-20(5)11-13/h8-9,11-12H,6-7,10H2,1-5H3. The third-order valence-corrected chi connectivity index (χ3v) is 3.49. The van der Waals surface area contributed by atoms with Crippen molar-refractivity contribution in [1.82, 2.24) is 24.5 Å². The number of nitrogens with zero attached hydrogens (tertiary/aromatic N) is 5. The monoisotopic (exact) mass is 303 g/mol. The summed E-state index contributed by atoms with van der Waals surface area (Å²) in [5.41, 5.74) is 2.66. The van der Waals surface area contributed by atoms with Gasteiger partial charge in [0.1, 0.15) is 5.69 Å². The first-order valence-corrected chi connectivity index (χ1v) is 7.70. The Hall–Kier alpha value is -2.11. The number of hydrogen-bond acceptors (Lipinski definition) is 3. The molecule has 0 aliphatic heterocycles. The van der Waals surface area contributed by atoms with Crippen molar-refractivity contribution in [1.29, 1.82) is 0 Å². The molecule has 0 saturated heterocycles. The van der Waals surface area contributed by atoms with E-state index in [2.05, 4.69) is 24.0 Å². The van der Waals surface area contributed by atoms with Crippen LogP contribution in [-0.4, -0.2) is 37.4 Å². The molecular weight excluding hydrogens is 278 g/mol. The minimum atomic E-state index is -0.00629. The van der Waals surface area contributed by atoms with Gasteiger partial charge in [0.15, 0.2) is 0 Å². The van der Waals surface area contributed by atoms with Gasteiger partial charge in [0.25, 0.3) is 5.91 Å². The fourth-order valence-electron chi connectivity index (χ4n) is 2.50. The van der Waals surface area contributed by atoms with Crippen molar-refractivity contribution in [2.24, 2.45) is 13.0 Å². The molecule has 0 aliphatic carbocycles. The maximum absolute atomic E-state index is 12.7. The molecule has 0 spiro atoms. The largest absolute Gasteiger partial charge is 0.336 e. The Labute approximate surface area is 131 Å². The predicted molar refractivity (Wildman–Crippen MR) is 85.4 cm³/mol. The topological polar surface area (TPSA) is 56.0 Å². The summed E-state index contributed by atoms with van der Waals surface area (Å²) in [6.45, 7) is 7.55. The molecule has 0 saturated carbocycles. The Balaban J connectivity index is 2.15. The van der Waals surface area contributed by atoms with Gasteiger partial charge < -0.3 is 4.90 Å². The van der Waals surface area contributed by atoms with Gasteiger partial charge in [-0.3, -0.25) is 14.2 Å². The van der Waals surface area contributed by atoms with Crippen molar-refractivity contribution in [3.05, 3.63) is 35.4 Å². The number of carbonyl (C=O) groups is 1. The fourth-order valence-corrected chi connectivity index (χ4v) is 2.50. The van der Waals surface area contributed by atoms with E-state index in [-0.39, 0.29) is 5.91 Å². The van der Waals surface area contributed by atoms with Crippen LogP contribution < -0.4 is 0 Å². The molecule has 0 bridgehead atoms. The summed E-state index contributed by atoms with van der Waals surface area (Å²) in [5, 5.41) is 8.67. The zero-order chi connectivity index (χ0) is 16.3. The highest BCUT2D eigenvalue weighted by Gasteiger charge is 2.19. The Morgan fingerprint density at radius 3 is 2.68 bits per heavy atom. The molecule has 0 N–H and O–H groups in total. The number of carbonyl (C=O) groups excluding carboxylic acids is 1. The highest BCUT2D eigenvalue weighted by molar-refractivity contribution is 5.92. The molecule has 120 valence electrons. The average molecular weight is 303 g/mol. The molecule has 2 heterocycles. The van der Waals surface area contributed by atoms with Crippen molar-refractivity contribution in [2.45, 2.75) is 40.3 Å². The van der Waals surface area contributed by atoms with E-state index in [1.54, 1.807) is 20.5 Å². The van der Waals surface area contributed by atoms with E-state index in [9.17, 15) is 4.79 Å². The molecular formula is C16H25N5O. The van der Waals surface area contributed by atoms with Gasteiger partial charge in [-0.05, 0) is 25.3 Å². The Morgan fingerprint density at radius 1 is 1.41 bits per heavy atom. The van der Waals surface area contributed by atoms with Crippen LogP contribution in [0.1, 0.15) is 42.5 Å². The quantitative estimate of drug-likeness (QED) is 0.821. The second-order valence-electron chi connectivity index (χ2n) is 6.12. The minimum absolute atomic E-state index is 0.00629. The van der Waals surface area contributed by atoms with Gasteiger partial charge in [0.2, 0.25) is 0 Å². The maximum Gasteiger partial charge on any atom is 0.272 e. The van der Waals surface area contributed by atoms with Gasteiger partial charge in [0, 0.05) is 38.9 Å². The molecule has 0 unspecified atom stereocenters. The van der Waals surface area contributed by atoms with E-state index in [1.807, 2.05) is 33.3 Å². The molecule has 0 aliphatic rings. The average Bonchev–Trinajstić information content (AvgIpc) is 3.03. The van der Waals surface area contributed by atoms with E-state index in [1.165, 1.54) is 0 Å². The number of aromatic nitrogens is 4. The van der Waals surface area contributed by atoms with Crippen molar-refractivity contribution in [3.63, 3.8) is 0 Å². The SMILES string of the molecule is CCn1nc(CC(C)C)cc1C(=O)N(C)Cc1cnn(C)c1. The molecule has 2 aromatic heterocycles. The van der Waals surface area contributed by atoms with Crippen LogP contribution in [0.4, 0.5) is 0 Å². The van der Waals surface area contributed by atoms with E-state index in [0.29, 0.717) is 24.7 Å². The molecule has 1 amide bonds. The zero-order valence-corrected chi connectivity index (χ0v) is 14.1. The van der Waals surface area contributed by atoms with Crippen LogP contribution in [0, 0.1) is 5.92 Å². The minimum Gasteiger partial charge on any atom is -0.336 e. The van der Waals surface area contributed by atoms with E-state index in [4.69, 9.17) is 0 Å². The third kappa shape index (κ3) is 3.75. The van der Waals surface area contributed by atoms with Crippen LogP contribution >= 0.6 is 0 Å². The van der Waals surface area contributed by atoms with Gasteiger partial charge in [-0.2, -0.15) is 10.2 Å². The zero-order valence-electron chi connectivity index (χ0n) is 14.1. The summed E-state index contributed by atoms with van der Waals surface area (Å²) >= 11 is 0. The lowest BCUT2D eigenvalue weighted by atomic mass is 10.1. The molecule has 22 heavy (non-hydrogen) atoms. The molecule has 6 heteroatoms. The molecule has 2 aromatic rings. The van der Waals surface area contributed by atoms with E-state index in [0.717, 1.165) is 17.7 Å². The summed E-state index contributed by atoms with van der Waals surface area (Å²) < 4.78 is 3.53. The Bertz CT molecular complexity index is 641. The van der Waals surface area contributed by atoms with Gasteiger partial charge in [0.05, 0.1) is 11.9 Å². The number of rotatable bonds is 6. The maximum atomic E-state index is 12.7. The first kappa shape index (κ1) is 16.3. The van der Waals surface area contributed by atoms with Crippen LogP contribution in [0.3, 0.4) is 0 Å². The van der Waals surface area contributed by atoms with Crippen molar-refractivity contribution in [3.8, 4) is 0 Å². The first-order valence-electron chi connectivity index (χ1n) is 7.70. The van der Waals surface area contributed by atoms with E-state index < -0.39 is 0 Å². The number of hydrogen-bond donors (Lipinski definition) is 0. The highest BCUT2D eigenvalue weighted by atomic mass is 16.2. The summed E-state index contributed by atoms with van der Waals surface area (Å²) in [5.74, 6) is 0.518.